The van der Waals surface area contributed by atoms with E-state index in [1.165, 1.54) is 25.7 Å². The average Bonchev–Trinajstić information content (AvgIpc) is 2.84. The second-order valence-electron chi connectivity index (χ2n) is 5.00. The topological polar surface area (TPSA) is 68.1 Å². The molecular weight excluding hydrogens is 230 g/mol. The van der Waals surface area contributed by atoms with Gasteiger partial charge in [-0.15, -0.1) is 0 Å². The summed E-state index contributed by atoms with van der Waals surface area (Å²) in [6, 6.07) is 1.56. The molecule has 0 unspecified atom stereocenters. The van der Waals surface area contributed by atoms with Gasteiger partial charge in [0.05, 0.1) is 4.92 Å². The number of nitrogens with one attached hydrogen (secondary N) is 1. The standard InChI is InChI=1S/C13H19N3O2/c1-10-8-12(16(17)18)13(15-9-10)14-7-6-11-4-2-3-5-11/h8-9,11H,2-7H2,1H3,(H,14,15). The van der Waals surface area contributed by atoms with Crippen LogP contribution in [-0.4, -0.2) is 16.5 Å². The fraction of sp³-hybridized carbons (Fsp3) is 0.615. The molecule has 1 aliphatic carbocycles. The van der Waals surface area contributed by atoms with Gasteiger partial charge in [-0.1, -0.05) is 25.7 Å². The van der Waals surface area contributed by atoms with Crippen LogP contribution in [0.5, 0.6) is 0 Å². The molecule has 0 atom stereocenters. The average molecular weight is 249 g/mol. The summed E-state index contributed by atoms with van der Waals surface area (Å²) in [7, 11) is 0. The molecule has 1 N–H and O–H groups in total. The minimum atomic E-state index is -0.377. The Hall–Kier alpha value is -1.65. The van der Waals surface area contributed by atoms with Crippen molar-refractivity contribution in [1.82, 2.24) is 4.98 Å². The summed E-state index contributed by atoms with van der Waals surface area (Å²) in [5.41, 5.74) is 0.879. The predicted molar refractivity (Wildman–Crippen MR) is 70.7 cm³/mol. The van der Waals surface area contributed by atoms with Gasteiger partial charge >= 0.3 is 5.69 Å². The minimum absolute atomic E-state index is 0.0708. The minimum Gasteiger partial charge on any atom is -0.364 e. The second kappa shape index (κ2) is 5.80. The van der Waals surface area contributed by atoms with Crippen LogP contribution in [0.2, 0.25) is 0 Å². The Kier molecular flexibility index (Phi) is 4.12. The monoisotopic (exact) mass is 249 g/mol. The Morgan fingerprint density at radius 2 is 2.22 bits per heavy atom. The number of rotatable bonds is 5. The van der Waals surface area contributed by atoms with Gasteiger partial charge in [-0.3, -0.25) is 10.1 Å². The fourth-order valence-electron chi connectivity index (χ4n) is 2.52. The van der Waals surface area contributed by atoms with Gasteiger partial charge in [-0.2, -0.15) is 0 Å². The summed E-state index contributed by atoms with van der Waals surface area (Å²) >= 11 is 0. The third kappa shape index (κ3) is 3.18. The van der Waals surface area contributed by atoms with Crippen molar-refractivity contribution in [3.8, 4) is 0 Å². The zero-order valence-corrected chi connectivity index (χ0v) is 10.7. The van der Waals surface area contributed by atoms with E-state index < -0.39 is 0 Å². The highest BCUT2D eigenvalue weighted by atomic mass is 16.6. The van der Waals surface area contributed by atoms with Gasteiger partial charge in [0, 0.05) is 18.8 Å². The Morgan fingerprint density at radius 3 is 2.89 bits per heavy atom. The molecule has 1 heterocycles. The number of aryl methyl sites for hydroxylation is 1. The molecule has 1 aliphatic rings. The highest BCUT2D eigenvalue weighted by molar-refractivity contribution is 5.56. The van der Waals surface area contributed by atoms with Crippen molar-refractivity contribution < 1.29 is 4.92 Å². The lowest BCUT2D eigenvalue weighted by atomic mass is 10.0. The smallest absolute Gasteiger partial charge is 0.311 e. The molecule has 0 amide bonds. The van der Waals surface area contributed by atoms with Crippen LogP contribution in [-0.2, 0) is 0 Å². The zero-order chi connectivity index (χ0) is 13.0. The summed E-state index contributed by atoms with van der Waals surface area (Å²) < 4.78 is 0. The number of nitro groups is 1. The van der Waals surface area contributed by atoms with Gasteiger partial charge in [0.1, 0.15) is 0 Å². The highest BCUT2D eigenvalue weighted by Gasteiger charge is 2.17. The molecule has 0 bridgehead atoms. The third-order valence-corrected chi connectivity index (χ3v) is 3.52. The van der Waals surface area contributed by atoms with Crippen molar-refractivity contribution in [1.29, 1.82) is 0 Å². The molecule has 0 aromatic carbocycles. The van der Waals surface area contributed by atoms with E-state index in [0.717, 1.165) is 24.4 Å². The van der Waals surface area contributed by atoms with Crippen LogP contribution in [0, 0.1) is 23.0 Å². The number of anilines is 1. The summed E-state index contributed by atoms with van der Waals surface area (Å²) in [5.74, 6) is 1.17. The van der Waals surface area contributed by atoms with Gasteiger partial charge in [0.15, 0.2) is 0 Å². The van der Waals surface area contributed by atoms with E-state index in [-0.39, 0.29) is 10.6 Å². The Balaban J connectivity index is 1.93. The Bertz CT molecular complexity index is 428. The molecule has 0 saturated heterocycles. The number of pyridine rings is 1. The summed E-state index contributed by atoms with van der Waals surface area (Å²) in [4.78, 5) is 14.7. The quantitative estimate of drug-likeness (QED) is 0.642. The molecule has 0 spiro atoms. The van der Waals surface area contributed by atoms with Crippen LogP contribution >= 0.6 is 0 Å². The first-order valence-electron chi connectivity index (χ1n) is 6.51. The fourth-order valence-corrected chi connectivity index (χ4v) is 2.52. The lowest BCUT2D eigenvalue weighted by Crippen LogP contribution is -2.09. The van der Waals surface area contributed by atoms with Crippen LogP contribution in [0.25, 0.3) is 0 Å². The third-order valence-electron chi connectivity index (χ3n) is 3.52. The van der Waals surface area contributed by atoms with E-state index in [9.17, 15) is 10.1 Å². The molecule has 0 aliphatic heterocycles. The molecule has 1 fully saturated rings. The molecule has 0 radical (unpaired) electrons. The van der Waals surface area contributed by atoms with Crippen LogP contribution in [0.1, 0.15) is 37.7 Å². The summed E-state index contributed by atoms with van der Waals surface area (Å²) in [6.45, 7) is 2.57. The van der Waals surface area contributed by atoms with Crippen LogP contribution in [0.15, 0.2) is 12.3 Å². The maximum atomic E-state index is 10.9. The highest BCUT2D eigenvalue weighted by Crippen LogP contribution is 2.28. The van der Waals surface area contributed by atoms with Gasteiger partial charge in [0.25, 0.3) is 0 Å². The molecule has 18 heavy (non-hydrogen) atoms. The van der Waals surface area contributed by atoms with Crippen LogP contribution in [0.3, 0.4) is 0 Å². The van der Waals surface area contributed by atoms with Crippen molar-refractivity contribution in [2.24, 2.45) is 5.92 Å². The maximum Gasteiger partial charge on any atom is 0.311 e. The van der Waals surface area contributed by atoms with Gasteiger partial charge in [-0.05, 0) is 24.8 Å². The summed E-state index contributed by atoms with van der Waals surface area (Å²) in [6.07, 6.45) is 7.98. The molecule has 5 nitrogen and oxygen atoms in total. The van der Waals surface area contributed by atoms with E-state index in [1.54, 1.807) is 12.3 Å². The molecular formula is C13H19N3O2. The molecule has 98 valence electrons. The van der Waals surface area contributed by atoms with Gasteiger partial charge in [-0.25, -0.2) is 4.98 Å². The number of nitrogens with zero attached hydrogens (tertiary/aromatic N) is 2. The maximum absolute atomic E-state index is 10.9. The first-order valence-corrected chi connectivity index (χ1v) is 6.51. The van der Waals surface area contributed by atoms with E-state index >= 15 is 0 Å². The molecule has 1 aromatic rings. The van der Waals surface area contributed by atoms with E-state index in [4.69, 9.17) is 0 Å². The molecule has 1 saturated carbocycles. The predicted octanol–water partition coefficient (Wildman–Crippen LogP) is 3.29. The van der Waals surface area contributed by atoms with Crippen molar-refractivity contribution in [2.45, 2.75) is 39.0 Å². The van der Waals surface area contributed by atoms with E-state index in [2.05, 4.69) is 10.3 Å². The Morgan fingerprint density at radius 1 is 1.50 bits per heavy atom. The van der Waals surface area contributed by atoms with E-state index in [1.807, 2.05) is 6.92 Å². The molecule has 2 rings (SSSR count). The number of hydrogen-bond acceptors (Lipinski definition) is 4. The van der Waals surface area contributed by atoms with Gasteiger partial charge < -0.3 is 5.32 Å². The van der Waals surface area contributed by atoms with Crippen LogP contribution in [0.4, 0.5) is 11.5 Å². The SMILES string of the molecule is Cc1cnc(NCCC2CCCC2)c([N+](=O)[O-])c1. The second-order valence-corrected chi connectivity index (χ2v) is 5.00. The van der Waals surface area contributed by atoms with Crippen molar-refractivity contribution in [2.75, 3.05) is 11.9 Å². The van der Waals surface area contributed by atoms with Crippen molar-refractivity contribution in [3.05, 3.63) is 27.9 Å². The van der Waals surface area contributed by atoms with Crippen molar-refractivity contribution in [3.63, 3.8) is 0 Å². The zero-order valence-electron chi connectivity index (χ0n) is 10.7. The first-order chi connectivity index (χ1) is 8.66. The lowest BCUT2D eigenvalue weighted by molar-refractivity contribution is -0.384. The largest absolute Gasteiger partial charge is 0.364 e. The first kappa shape index (κ1) is 12.8. The summed E-state index contributed by atoms with van der Waals surface area (Å²) in [5, 5.41) is 14.0. The number of aromatic nitrogens is 1. The Labute approximate surface area is 107 Å². The lowest BCUT2D eigenvalue weighted by Gasteiger charge is -2.10. The van der Waals surface area contributed by atoms with Gasteiger partial charge in [0.2, 0.25) is 5.82 Å². The van der Waals surface area contributed by atoms with Crippen molar-refractivity contribution >= 4 is 11.5 Å². The van der Waals surface area contributed by atoms with E-state index in [0.29, 0.717) is 5.82 Å². The molecule has 5 heteroatoms. The molecule has 1 aromatic heterocycles. The number of hydrogen-bond donors (Lipinski definition) is 1. The normalized spacial score (nSPS) is 15.8. The van der Waals surface area contributed by atoms with Crippen LogP contribution < -0.4 is 5.32 Å².